The Morgan fingerprint density at radius 3 is 2.89 bits per heavy atom. The van der Waals surface area contributed by atoms with Crippen molar-refractivity contribution in [3.63, 3.8) is 0 Å². The molecule has 1 aliphatic rings. The Morgan fingerprint density at radius 1 is 1.42 bits per heavy atom. The van der Waals surface area contributed by atoms with Crippen molar-refractivity contribution in [1.82, 2.24) is 10.2 Å². The van der Waals surface area contributed by atoms with Gasteiger partial charge in [0, 0.05) is 19.1 Å². The molecule has 0 bridgehead atoms. The van der Waals surface area contributed by atoms with E-state index in [9.17, 15) is 0 Å². The average molecular weight is 262 g/mol. The topological polar surface area (TPSA) is 24.5 Å². The molecule has 0 saturated carbocycles. The number of rotatable bonds is 6. The molecule has 1 heterocycles. The van der Waals surface area contributed by atoms with Crippen molar-refractivity contribution in [2.45, 2.75) is 32.2 Å². The molecule has 0 radical (unpaired) electrons. The Morgan fingerprint density at radius 2 is 2.26 bits per heavy atom. The third-order valence-corrected chi connectivity index (χ3v) is 4.14. The van der Waals surface area contributed by atoms with E-state index in [1.165, 1.54) is 17.5 Å². The smallest absolute Gasteiger partial charge is 0.122 e. The van der Waals surface area contributed by atoms with Gasteiger partial charge in [-0.25, -0.2) is 0 Å². The molecule has 1 atom stereocenters. The number of hydrogen-bond acceptors (Lipinski definition) is 3. The summed E-state index contributed by atoms with van der Waals surface area (Å²) in [6.07, 6.45) is 3.41. The standard InChI is InChI=1S/C16H26N2O/c1-4-13-5-6-16(19-3)14(11-13)8-10-18(2)15-7-9-17-12-15/h5-6,11,15,17H,4,7-10,12H2,1-3H3. The van der Waals surface area contributed by atoms with Crippen LogP contribution in [0.25, 0.3) is 0 Å². The first-order chi connectivity index (χ1) is 9.24. The lowest BCUT2D eigenvalue weighted by Gasteiger charge is -2.23. The molecule has 0 spiro atoms. The molecule has 1 saturated heterocycles. The molecule has 106 valence electrons. The molecule has 1 aromatic carbocycles. The van der Waals surface area contributed by atoms with E-state index in [-0.39, 0.29) is 0 Å². The molecule has 0 amide bonds. The highest BCUT2D eigenvalue weighted by Gasteiger charge is 2.19. The van der Waals surface area contributed by atoms with Crippen LogP contribution < -0.4 is 10.1 Å². The van der Waals surface area contributed by atoms with Crippen molar-refractivity contribution in [3.05, 3.63) is 29.3 Å². The molecule has 1 fully saturated rings. The number of benzene rings is 1. The van der Waals surface area contributed by atoms with Crippen LogP contribution in [0.1, 0.15) is 24.5 Å². The molecule has 1 N–H and O–H groups in total. The first-order valence-corrected chi connectivity index (χ1v) is 7.31. The number of nitrogens with zero attached hydrogens (tertiary/aromatic N) is 1. The minimum absolute atomic E-state index is 0.695. The third kappa shape index (κ3) is 3.71. The molecule has 1 unspecified atom stereocenters. The van der Waals surface area contributed by atoms with E-state index in [1.807, 2.05) is 0 Å². The summed E-state index contributed by atoms with van der Waals surface area (Å²) >= 11 is 0. The first-order valence-electron chi connectivity index (χ1n) is 7.31. The fourth-order valence-electron chi connectivity index (χ4n) is 2.74. The summed E-state index contributed by atoms with van der Waals surface area (Å²) in [7, 11) is 3.99. The van der Waals surface area contributed by atoms with Gasteiger partial charge in [0.05, 0.1) is 7.11 Å². The van der Waals surface area contributed by atoms with Gasteiger partial charge in [-0.2, -0.15) is 0 Å². The number of nitrogens with one attached hydrogen (secondary N) is 1. The Balaban J connectivity index is 1.97. The number of methoxy groups -OCH3 is 1. The SMILES string of the molecule is CCc1ccc(OC)c(CCN(C)C2CCNC2)c1. The van der Waals surface area contributed by atoms with Crippen LogP contribution >= 0.6 is 0 Å². The zero-order valence-corrected chi connectivity index (χ0v) is 12.4. The lowest BCUT2D eigenvalue weighted by Crippen LogP contribution is -2.34. The summed E-state index contributed by atoms with van der Waals surface area (Å²) in [6.45, 7) is 5.57. The molecule has 3 heteroatoms. The van der Waals surface area contributed by atoms with Crippen LogP contribution in [0.5, 0.6) is 5.75 Å². The number of ether oxygens (including phenoxy) is 1. The normalized spacial score (nSPS) is 19.1. The van der Waals surface area contributed by atoms with Crippen LogP contribution in [0.4, 0.5) is 0 Å². The van der Waals surface area contributed by atoms with Gasteiger partial charge >= 0.3 is 0 Å². The van der Waals surface area contributed by atoms with Crippen molar-refractivity contribution in [1.29, 1.82) is 0 Å². The Bertz CT molecular complexity index is 400. The lowest BCUT2D eigenvalue weighted by atomic mass is 10.0. The van der Waals surface area contributed by atoms with Crippen molar-refractivity contribution >= 4 is 0 Å². The molecular formula is C16H26N2O. The maximum absolute atomic E-state index is 5.47. The second-order valence-electron chi connectivity index (χ2n) is 5.38. The van der Waals surface area contributed by atoms with E-state index >= 15 is 0 Å². The largest absolute Gasteiger partial charge is 0.496 e. The number of aryl methyl sites for hydroxylation is 1. The van der Waals surface area contributed by atoms with Gasteiger partial charge in [0.15, 0.2) is 0 Å². The molecule has 19 heavy (non-hydrogen) atoms. The van der Waals surface area contributed by atoms with Crippen LogP contribution in [-0.2, 0) is 12.8 Å². The molecule has 2 rings (SSSR count). The molecule has 1 aliphatic heterocycles. The van der Waals surface area contributed by atoms with Crippen LogP contribution in [0, 0.1) is 0 Å². The maximum Gasteiger partial charge on any atom is 0.122 e. The van der Waals surface area contributed by atoms with Gasteiger partial charge in [0.2, 0.25) is 0 Å². The fraction of sp³-hybridized carbons (Fsp3) is 0.625. The van der Waals surface area contributed by atoms with Crippen molar-refractivity contribution < 1.29 is 4.74 Å². The second-order valence-corrected chi connectivity index (χ2v) is 5.38. The van der Waals surface area contributed by atoms with Gasteiger partial charge in [-0.1, -0.05) is 19.1 Å². The van der Waals surface area contributed by atoms with Gasteiger partial charge in [-0.05, 0) is 50.0 Å². The predicted molar refractivity (Wildman–Crippen MR) is 80.0 cm³/mol. The maximum atomic E-state index is 5.47. The quantitative estimate of drug-likeness (QED) is 0.849. The monoisotopic (exact) mass is 262 g/mol. The number of likely N-dealkylation sites (N-methyl/N-ethyl adjacent to an activating group) is 1. The van der Waals surface area contributed by atoms with E-state index in [4.69, 9.17) is 4.74 Å². The number of hydrogen-bond donors (Lipinski definition) is 1. The highest BCUT2D eigenvalue weighted by molar-refractivity contribution is 5.37. The summed E-state index contributed by atoms with van der Waals surface area (Å²) < 4.78 is 5.47. The molecule has 0 aromatic heterocycles. The van der Waals surface area contributed by atoms with E-state index in [2.05, 4.69) is 42.4 Å². The summed E-state index contributed by atoms with van der Waals surface area (Å²) in [5.74, 6) is 1.02. The predicted octanol–water partition coefficient (Wildman–Crippen LogP) is 2.09. The van der Waals surface area contributed by atoms with Crippen molar-refractivity contribution in [2.75, 3.05) is 33.8 Å². The van der Waals surface area contributed by atoms with Crippen LogP contribution in [-0.4, -0.2) is 44.7 Å². The molecule has 0 aliphatic carbocycles. The van der Waals surface area contributed by atoms with Crippen LogP contribution in [0.3, 0.4) is 0 Å². The minimum Gasteiger partial charge on any atom is -0.496 e. The summed E-state index contributed by atoms with van der Waals surface area (Å²) in [6, 6.07) is 7.25. The van der Waals surface area contributed by atoms with E-state index < -0.39 is 0 Å². The van der Waals surface area contributed by atoms with E-state index in [1.54, 1.807) is 7.11 Å². The van der Waals surface area contributed by atoms with Gasteiger partial charge < -0.3 is 15.0 Å². The van der Waals surface area contributed by atoms with Gasteiger partial charge in [0.1, 0.15) is 5.75 Å². The Kier molecular flexibility index (Phi) is 5.23. The summed E-state index contributed by atoms with van der Waals surface area (Å²) in [5, 5.41) is 3.43. The summed E-state index contributed by atoms with van der Waals surface area (Å²) in [5.41, 5.74) is 2.72. The molecular weight excluding hydrogens is 236 g/mol. The highest BCUT2D eigenvalue weighted by Crippen LogP contribution is 2.21. The highest BCUT2D eigenvalue weighted by atomic mass is 16.5. The third-order valence-electron chi connectivity index (χ3n) is 4.14. The summed E-state index contributed by atoms with van der Waals surface area (Å²) in [4.78, 5) is 2.47. The Labute approximate surface area is 116 Å². The minimum atomic E-state index is 0.695. The van der Waals surface area contributed by atoms with Crippen molar-refractivity contribution in [3.8, 4) is 5.75 Å². The lowest BCUT2D eigenvalue weighted by molar-refractivity contribution is 0.259. The zero-order valence-electron chi connectivity index (χ0n) is 12.4. The average Bonchev–Trinajstić information content (AvgIpc) is 2.98. The zero-order chi connectivity index (χ0) is 13.7. The fourth-order valence-corrected chi connectivity index (χ4v) is 2.74. The molecule has 1 aromatic rings. The van der Waals surface area contributed by atoms with Gasteiger partial charge in [0.25, 0.3) is 0 Å². The van der Waals surface area contributed by atoms with E-state index in [0.29, 0.717) is 6.04 Å². The van der Waals surface area contributed by atoms with Crippen LogP contribution in [0.15, 0.2) is 18.2 Å². The first kappa shape index (κ1) is 14.4. The van der Waals surface area contributed by atoms with Crippen molar-refractivity contribution in [2.24, 2.45) is 0 Å². The molecule has 3 nitrogen and oxygen atoms in total. The van der Waals surface area contributed by atoms with Gasteiger partial charge in [-0.15, -0.1) is 0 Å². The second kappa shape index (κ2) is 6.92. The van der Waals surface area contributed by atoms with Crippen LogP contribution in [0.2, 0.25) is 0 Å². The van der Waals surface area contributed by atoms with E-state index in [0.717, 1.165) is 38.2 Å². The van der Waals surface area contributed by atoms with Gasteiger partial charge in [-0.3, -0.25) is 0 Å². The Hall–Kier alpha value is -1.06.